The maximum atomic E-state index is 11.9. The molecule has 0 fully saturated rings. The van der Waals surface area contributed by atoms with Crippen molar-refractivity contribution in [2.45, 2.75) is 6.61 Å². The average Bonchev–Trinajstić information content (AvgIpc) is 3.03. The van der Waals surface area contributed by atoms with E-state index in [1.54, 1.807) is 24.3 Å². The van der Waals surface area contributed by atoms with Gasteiger partial charge in [0.15, 0.2) is 0 Å². The predicted molar refractivity (Wildman–Crippen MR) is 77.4 cm³/mol. The molecule has 0 bridgehead atoms. The third-order valence-electron chi connectivity index (χ3n) is 3.02. The van der Waals surface area contributed by atoms with E-state index < -0.39 is 0 Å². The lowest BCUT2D eigenvalue weighted by Crippen LogP contribution is -2.05. The predicted octanol–water partition coefficient (Wildman–Crippen LogP) is 2.83. The molecule has 21 heavy (non-hydrogen) atoms. The van der Waals surface area contributed by atoms with Crippen LogP contribution >= 0.6 is 0 Å². The van der Waals surface area contributed by atoms with Crippen LogP contribution in [0.5, 0.6) is 0 Å². The van der Waals surface area contributed by atoms with Crippen molar-refractivity contribution >= 4 is 5.97 Å². The minimum Gasteiger partial charge on any atom is -0.455 e. The van der Waals surface area contributed by atoms with Crippen LogP contribution in [0.25, 0.3) is 11.3 Å². The van der Waals surface area contributed by atoms with Crippen molar-refractivity contribution in [1.29, 1.82) is 0 Å². The molecule has 0 atom stereocenters. The summed E-state index contributed by atoms with van der Waals surface area (Å²) in [6.45, 7) is 0.0778. The summed E-state index contributed by atoms with van der Waals surface area (Å²) in [5.41, 5.74) is 2.74. The molecule has 0 radical (unpaired) electrons. The maximum absolute atomic E-state index is 11.9. The third-order valence-corrected chi connectivity index (χ3v) is 3.02. The molecule has 1 N–H and O–H groups in total. The van der Waals surface area contributed by atoms with E-state index in [1.807, 2.05) is 36.4 Å². The van der Waals surface area contributed by atoms with Gasteiger partial charge in [0.25, 0.3) is 0 Å². The molecule has 0 saturated carbocycles. The first kappa shape index (κ1) is 13.1. The van der Waals surface area contributed by atoms with Crippen molar-refractivity contribution in [2.75, 3.05) is 0 Å². The van der Waals surface area contributed by atoms with Gasteiger partial charge in [0, 0.05) is 5.56 Å². The van der Waals surface area contributed by atoms with Crippen LogP contribution in [0, 0.1) is 0 Å². The van der Waals surface area contributed by atoms with Gasteiger partial charge in [0.2, 0.25) is 0 Å². The number of aromatic nitrogens is 3. The number of rotatable bonds is 4. The second-order valence-electron chi connectivity index (χ2n) is 4.43. The summed E-state index contributed by atoms with van der Waals surface area (Å²) < 4.78 is 5.27. The normalized spacial score (nSPS) is 10.3. The number of esters is 1. The Hall–Kier alpha value is -2.95. The largest absolute Gasteiger partial charge is 0.455 e. The van der Waals surface area contributed by atoms with E-state index >= 15 is 0 Å². The average molecular weight is 279 g/mol. The molecule has 5 heteroatoms. The second-order valence-corrected chi connectivity index (χ2v) is 4.43. The summed E-state index contributed by atoms with van der Waals surface area (Å²) in [5, 5.41) is 10.7. The van der Waals surface area contributed by atoms with Gasteiger partial charge in [-0.3, -0.25) is 0 Å². The third kappa shape index (κ3) is 2.97. The highest BCUT2D eigenvalue weighted by Gasteiger charge is 2.13. The highest BCUT2D eigenvalue weighted by molar-refractivity contribution is 5.89. The van der Waals surface area contributed by atoms with Crippen LogP contribution in [-0.4, -0.2) is 21.4 Å². The SMILES string of the molecule is O=C(OCc1n[nH]nc1-c1ccccc1)c1ccccc1. The van der Waals surface area contributed by atoms with Crippen LogP contribution in [0.1, 0.15) is 16.1 Å². The quantitative estimate of drug-likeness (QED) is 0.746. The van der Waals surface area contributed by atoms with E-state index in [1.165, 1.54) is 0 Å². The lowest BCUT2D eigenvalue weighted by atomic mass is 10.1. The van der Waals surface area contributed by atoms with Crippen LogP contribution in [0.2, 0.25) is 0 Å². The molecule has 3 rings (SSSR count). The van der Waals surface area contributed by atoms with Crippen LogP contribution in [0.15, 0.2) is 60.7 Å². The smallest absolute Gasteiger partial charge is 0.338 e. The molecule has 0 aliphatic carbocycles. The highest BCUT2D eigenvalue weighted by Crippen LogP contribution is 2.19. The van der Waals surface area contributed by atoms with Crippen LogP contribution in [-0.2, 0) is 11.3 Å². The number of H-pyrrole nitrogens is 1. The van der Waals surface area contributed by atoms with Gasteiger partial charge in [-0.05, 0) is 12.1 Å². The van der Waals surface area contributed by atoms with Gasteiger partial charge in [-0.2, -0.15) is 15.4 Å². The Balaban J connectivity index is 1.73. The van der Waals surface area contributed by atoms with E-state index in [0.29, 0.717) is 17.0 Å². The molecule has 104 valence electrons. The standard InChI is InChI=1S/C16H13N3O2/c20-16(13-9-5-2-6-10-13)21-11-14-15(18-19-17-14)12-7-3-1-4-8-12/h1-10H,11H2,(H,17,18,19). The summed E-state index contributed by atoms with van der Waals surface area (Å²) in [7, 11) is 0. The zero-order valence-electron chi connectivity index (χ0n) is 11.2. The van der Waals surface area contributed by atoms with E-state index in [9.17, 15) is 4.79 Å². The van der Waals surface area contributed by atoms with E-state index in [-0.39, 0.29) is 12.6 Å². The van der Waals surface area contributed by atoms with E-state index in [4.69, 9.17) is 4.74 Å². The number of ether oxygens (including phenoxy) is 1. The molecule has 0 saturated heterocycles. The van der Waals surface area contributed by atoms with Gasteiger partial charge in [-0.25, -0.2) is 4.79 Å². The summed E-state index contributed by atoms with van der Waals surface area (Å²) >= 11 is 0. The van der Waals surface area contributed by atoms with Crippen LogP contribution < -0.4 is 0 Å². The molecule has 0 aliphatic rings. The fraction of sp³-hybridized carbons (Fsp3) is 0.0625. The zero-order valence-corrected chi connectivity index (χ0v) is 11.2. The Morgan fingerprint density at radius 2 is 1.62 bits per heavy atom. The molecule has 2 aromatic carbocycles. The minimum absolute atomic E-state index is 0.0778. The molecule has 5 nitrogen and oxygen atoms in total. The molecule has 0 unspecified atom stereocenters. The monoisotopic (exact) mass is 279 g/mol. The molecule has 1 heterocycles. The zero-order chi connectivity index (χ0) is 14.5. The molecule has 1 aromatic heterocycles. The van der Waals surface area contributed by atoms with Crippen molar-refractivity contribution in [3.8, 4) is 11.3 Å². The number of nitrogens with one attached hydrogen (secondary N) is 1. The molecule has 0 spiro atoms. The van der Waals surface area contributed by atoms with Gasteiger partial charge < -0.3 is 4.74 Å². The lowest BCUT2D eigenvalue weighted by molar-refractivity contribution is 0.0468. The first-order valence-electron chi connectivity index (χ1n) is 6.52. The fourth-order valence-corrected chi connectivity index (χ4v) is 1.97. The summed E-state index contributed by atoms with van der Waals surface area (Å²) in [5.74, 6) is -0.377. The Bertz CT molecular complexity index is 724. The second kappa shape index (κ2) is 6.00. The molecular weight excluding hydrogens is 266 g/mol. The summed E-state index contributed by atoms with van der Waals surface area (Å²) in [4.78, 5) is 11.9. The van der Waals surface area contributed by atoms with Gasteiger partial charge in [0.1, 0.15) is 18.0 Å². The van der Waals surface area contributed by atoms with Crippen molar-refractivity contribution in [3.05, 3.63) is 71.9 Å². The van der Waals surface area contributed by atoms with Gasteiger partial charge in [-0.1, -0.05) is 48.5 Å². The van der Waals surface area contributed by atoms with Gasteiger partial charge >= 0.3 is 5.97 Å². The number of carbonyl (C=O) groups excluding carboxylic acids is 1. The molecule has 3 aromatic rings. The van der Waals surface area contributed by atoms with Gasteiger partial charge in [-0.15, -0.1) is 0 Å². The Labute approximate surface area is 121 Å². The summed E-state index contributed by atoms with van der Waals surface area (Å²) in [6, 6.07) is 18.5. The van der Waals surface area contributed by atoms with Crippen molar-refractivity contribution < 1.29 is 9.53 Å². The Morgan fingerprint density at radius 1 is 0.952 bits per heavy atom. The topological polar surface area (TPSA) is 67.9 Å². The summed E-state index contributed by atoms with van der Waals surface area (Å²) in [6.07, 6.45) is 0. The Kier molecular flexibility index (Phi) is 3.73. The first-order valence-corrected chi connectivity index (χ1v) is 6.52. The van der Waals surface area contributed by atoms with Crippen molar-refractivity contribution in [3.63, 3.8) is 0 Å². The number of benzene rings is 2. The van der Waals surface area contributed by atoms with Gasteiger partial charge in [0.05, 0.1) is 5.56 Å². The van der Waals surface area contributed by atoms with Crippen LogP contribution in [0.3, 0.4) is 0 Å². The van der Waals surface area contributed by atoms with Crippen molar-refractivity contribution in [1.82, 2.24) is 15.4 Å². The minimum atomic E-state index is -0.377. The molecular formula is C16H13N3O2. The number of aromatic amines is 1. The fourth-order valence-electron chi connectivity index (χ4n) is 1.97. The molecule has 0 aliphatic heterocycles. The van der Waals surface area contributed by atoms with Crippen LogP contribution in [0.4, 0.5) is 0 Å². The van der Waals surface area contributed by atoms with E-state index in [2.05, 4.69) is 15.4 Å². The van der Waals surface area contributed by atoms with Crippen molar-refractivity contribution in [2.24, 2.45) is 0 Å². The number of carbonyl (C=O) groups is 1. The number of hydrogen-bond acceptors (Lipinski definition) is 4. The highest BCUT2D eigenvalue weighted by atomic mass is 16.5. The lowest BCUT2D eigenvalue weighted by Gasteiger charge is -2.04. The Morgan fingerprint density at radius 3 is 2.33 bits per heavy atom. The number of hydrogen-bond donors (Lipinski definition) is 1. The number of nitrogens with zero attached hydrogens (tertiary/aromatic N) is 2. The van der Waals surface area contributed by atoms with E-state index in [0.717, 1.165) is 5.56 Å². The first-order chi connectivity index (χ1) is 10.3. The maximum Gasteiger partial charge on any atom is 0.338 e. The molecule has 0 amide bonds.